The smallest absolute Gasteiger partial charge is 0.412 e. The van der Waals surface area contributed by atoms with Crippen molar-refractivity contribution in [2.45, 2.75) is 57.6 Å². The van der Waals surface area contributed by atoms with Gasteiger partial charge in [-0.2, -0.15) is 0 Å². The molecule has 0 bridgehead atoms. The van der Waals surface area contributed by atoms with Crippen molar-refractivity contribution < 1.29 is 14.3 Å². The summed E-state index contributed by atoms with van der Waals surface area (Å²) in [5, 5.41) is 0.385. The molecule has 1 aromatic carbocycles. The number of piperidine rings is 1. The molecule has 2 aliphatic rings. The van der Waals surface area contributed by atoms with Gasteiger partial charge in [0.1, 0.15) is 17.0 Å². The van der Waals surface area contributed by atoms with Crippen molar-refractivity contribution in [2.24, 2.45) is 5.92 Å². The zero-order chi connectivity index (χ0) is 20.5. The summed E-state index contributed by atoms with van der Waals surface area (Å²) < 4.78 is 5.66. The lowest BCUT2D eigenvalue weighted by Crippen LogP contribution is -2.52. The monoisotopic (exact) mass is 424 g/mol. The van der Waals surface area contributed by atoms with Gasteiger partial charge in [0.2, 0.25) is 5.91 Å². The number of hydrogen-bond donors (Lipinski definition) is 0. The topological polar surface area (TPSA) is 49.9 Å². The third-order valence-corrected chi connectivity index (χ3v) is 6.72. The first kappa shape index (κ1) is 21.3. The first-order valence-corrected chi connectivity index (χ1v) is 11.3. The molecule has 2 atom stereocenters. The van der Waals surface area contributed by atoms with Gasteiger partial charge in [0.15, 0.2) is 0 Å². The quantitative estimate of drug-likeness (QED) is 0.673. The molecular weight excluding hydrogens is 396 g/mol. The van der Waals surface area contributed by atoms with Gasteiger partial charge in [-0.25, -0.2) is 4.79 Å². The summed E-state index contributed by atoms with van der Waals surface area (Å²) in [6.07, 6.45) is 1.58. The molecule has 0 aliphatic carbocycles. The molecule has 154 valence electrons. The molecule has 5 nitrogen and oxygen atoms in total. The van der Waals surface area contributed by atoms with E-state index in [9.17, 15) is 9.59 Å². The Labute approximate surface area is 176 Å². The van der Waals surface area contributed by atoms with Crippen molar-refractivity contribution in [1.29, 1.82) is 0 Å². The molecule has 2 saturated heterocycles. The number of ether oxygens (including phenoxy) is 1. The second kappa shape index (κ2) is 8.54. The number of amides is 2. The van der Waals surface area contributed by atoms with Crippen molar-refractivity contribution in [3.8, 4) is 0 Å². The Kier molecular flexibility index (Phi) is 6.50. The summed E-state index contributed by atoms with van der Waals surface area (Å²) in [4.78, 5) is 29.8. The van der Waals surface area contributed by atoms with E-state index >= 15 is 0 Å². The van der Waals surface area contributed by atoms with Gasteiger partial charge in [0.05, 0.1) is 0 Å². The van der Waals surface area contributed by atoms with E-state index in [1.807, 2.05) is 49.9 Å². The number of nitrogens with zero attached hydrogens (tertiary/aromatic N) is 2. The molecule has 0 spiro atoms. The van der Waals surface area contributed by atoms with E-state index in [4.69, 9.17) is 16.3 Å². The van der Waals surface area contributed by atoms with Crippen LogP contribution in [0.2, 0.25) is 5.02 Å². The van der Waals surface area contributed by atoms with Crippen LogP contribution < -0.4 is 0 Å². The Morgan fingerprint density at radius 2 is 1.75 bits per heavy atom. The van der Waals surface area contributed by atoms with Gasteiger partial charge >= 0.3 is 6.09 Å². The summed E-state index contributed by atoms with van der Waals surface area (Å²) in [6, 6.07) is 6.94. The second-order valence-electron chi connectivity index (χ2n) is 8.65. The molecule has 1 aromatic rings. The fourth-order valence-corrected chi connectivity index (χ4v) is 5.10. The molecule has 3 rings (SSSR count). The summed E-state index contributed by atoms with van der Waals surface area (Å²) in [5.41, 5.74) is 0.325. The van der Waals surface area contributed by atoms with Crippen LogP contribution in [0.5, 0.6) is 0 Å². The minimum Gasteiger partial charge on any atom is -0.444 e. The van der Waals surface area contributed by atoms with Crippen molar-refractivity contribution in [3.63, 3.8) is 0 Å². The molecule has 0 N–H and O–H groups in total. The number of rotatable bonds is 2. The maximum absolute atomic E-state index is 13.3. The van der Waals surface area contributed by atoms with E-state index in [2.05, 4.69) is 6.92 Å². The van der Waals surface area contributed by atoms with E-state index in [1.54, 1.807) is 16.7 Å². The Balaban J connectivity index is 1.84. The van der Waals surface area contributed by atoms with Crippen molar-refractivity contribution in [1.82, 2.24) is 9.80 Å². The van der Waals surface area contributed by atoms with Crippen molar-refractivity contribution in [2.75, 3.05) is 18.8 Å². The Morgan fingerprint density at radius 3 is 2.32 bits per heavy atom. The molecule has 0 aromatic heterocycles. The van der Waals surface area contributed by atoms with Crippen LogP contribution in [0, 0.1) is 5.92 Å². The van der Waals surface area contributed by atoms with Crippen LogP contribution in [0.25, 0.3) is 0 Å². The zero-order valence-electron chi connectivity index (χ0n) is 17.0. The van der Waals surface area contributed by atoms with E-state index in [1.165, 1.54) is 0 Å². The molecule has 2 unspecified atom stereocenters. The summed E-state index contributed by atoms with van der Waals surface area (Å²) >= 11 is 7.62. The van der Waals surface area contributed by atoms with E-state index < -0.39 is 17.7 Å². The molecule has 28 heavy (non-hydrogen) atoms. The van der Waals surface area contributed by atoms with E-state index in [-0.39, 0.29) is 11.3 Å². The maximum Gasteiger partial charge on any atom is 0.412 e. The first-order chi connectivity index (χ1) is 13.2. The molecular formula is C21H29ClN2O3S. The Bertz CT molecular complexity index is 711. The summed E-state index contributed by atoms with van der Waals surface area (Å²) in [6.45, 7) is 9.26. The lowest BCUT2D eigenvalue weighted by atomic mass is 9.98. The third kappa shape index (κ3) is 4.95. The molecule has 2 fully saturated rings. The van der Waals surface area contributed by atoms with Gasteiger partial charge in [-0.3, -0.25) is 9.69 Å². The lowest BCUT2D eigenvalue weighted by molar-refractivity contribution is -0.137. The zero-order valence-corrected chi connectivity index (χ0v) is 18.6. The fraction of sp³-hybridized carbons (Fsp3) is 0.619. The number of halogens is 1. The van der Waals surface area contributed by atoms with Crippen LogP contribution in [-0.2, 0) is 9.53 Å². The standard InChI is InChI=1S/C21H29ClN2O3S/c1-14-9-11-23(12-10-14)18(25)17-13-28-19(15-5-7-16(22)8-6-15)24(17)20(26)27-21(2,3)4/h5-8,14,17,19H,9-13H2,1-4H3. The molecule has 0 saturated carbocycles. The number of thioether (sulfide) groups is 1. The average Bonchev–Trinajstić information content (AvgIpc) is 3.06. The minimum atomic E-state index is -0.622. The molecule has 7 heteroatoms. The number of hydrogen-bond acceptors (Lipinski definition) is 4. The highest BCUT2D eigenvalue weighted by Gasteiger charge is 2.45. The SMILES string of the molecule is CC1CCN(C(=O)C2CSC(c3ccc(Cl)cc3)N2C(=O)OC(C)(C)C)CC1. The van der Waals surface area contributed by atoms with Crippen molar-refractivity contribution in [3.05, 3.63) is 34.9 Å². The third-order valence-electron chi connectivity index (χ3n) is 5.14. The number of carbonyl (C=O) groups excluding carboxylic acids is 2. The lowest BCUT2D eigenvalue weighted by Gasteiger charge is -2.36. The largest absolute Gasteiger partial charge is 0.444 e. The van der Waals surface area contributed by atoms with Gasteiger partial charge in [-0.1, -0.05) is 30.7 Å². The normalized spacial score (nSPS) is 23.8. The van der Waals surface area contributed by atoms with Gasteiger partial charge in [-0.15, -0.1) is 11.8 Å². The van der Waals surface area contributed by atoms with Crippen molar-refractivity contribution >= 4 is 35.4 Å². The first-order valence-electron chi connectivity index (χ1n) is 9.83. The highest BCUT2D eigenvalue weighted by Crippen LogP contribution is 2.43. The van der Waals surface area contributed by atoms with Gasteiger partial charge in [0.25, 0.3) is 0 Å². The maximum atomic E-state index is 13.3. The highest BCUT2D eigenvalue weighted by molar-refractivity contribution is 7.99. The van der Waals surface area contributed by atoms with Gasteiger partial charge < -0.3 is 9.64 Å². The van der Waals surface area contributed by atoms with E-state index in [0.717, 1.165) is 31.5 Å². The Morgan fingerprint density at radius 1 is 1.14 bits per heavy atom. The predicted molar refractivity (Wildman–Crippen MR) is 113 cm³/mol. The highest BCUT2D eigenvalue weighted by atomic mass is 35.5. The van der Waals surface area contributed by atoms with Crippen LogP contribution >= 0.6 is 23.4 Å². The molecule has 0 radical (unpaired) electrons. The average molecular weight is 425 g/mol. The van der Waals surface area contributed by atoms with Crippen LogP contribution in [-0.4, -0.2) is 52.3 Å². The Hall–Kier alpha value is -1.40. The summed E-state index contributed by atoms with van der Waals surface area (Å²) in [7, 11) is 0. The second-order valence-corrected chi connectivity index (χ2v) is 10.2. The number of benzene rings is 1. The predicted octanol–water partition coefficient (Wildman–Crippen LogP) is 4.95. The van der Waals surface area contributed by atoms with Gasteiger partial charge in [0, 0.05) is 23.9 Å². The number of carbonyl (C=O) groups is 2. The van der Waals surface area contributed by atoms with Crippen LogP contribution in [0.3, 0.4) is 0 Å². The summed E-state index contributed by atoms with van der Waals surface area (Å²) in [5.74, 6) is 1.24. The van der Waals surface area contributed by atoms with Gasteiger partial charge in [-0.05, 0) is 57.2 Å². The van der Waals surface area contributed by atoms with Crippen LogP contribution in [0.4, 0.5) is 4.79 Å². The van der Waals surface area contributed by atoms with Crippen LogP contribution in [0.15, 0.2) is 24.3 Å². The van der Waals surface area contributed by atoms with Crippen LogP contribution in [0.1, 0.15) is 51.5 Å². The minimum absolute atomic E-state index is 0.0294. The fourth-order valence-electron chi connectivity index (χ4n) is 3.56. The van der Waals surface area contributed by atoms with E-state index in [0.29, 0.717) is 16.7 Å². The molecule has 2 aliphatic heterocycles. The number of likely N-dealkylation sites (tertiary alicyclic amines) is 1. The molecule has 2 heterocycles. The molecule has 2 amide bonds.